The zero-order valence-corrected chi connectivity index (χ0v) is 15.2. The number of likely N-dealkylation sites (tertiary alicyclic amines) is 1. The van der Waals surface area contributed by atoms with Crippen molar-refractivity contribution >= 4 is 17.5 Å². The molecule has 136 valence electrons. The van der Waals surface area contributed by atoms with Crippen LogP contribution in [0.4, 0.5) is 5.82 Å². The van der Waals surface area contributed by atoms with E-state index in [1.165, 1.54) is 0 Å². The molecular weight excluding hydrogens is 318 g/mol. The number of carbonyl (C=O) groups excluding carboxylic acids is 2. The molecule has 0 saturated carbocycles. The largest absolute Gasteiger partial charge is 0.383 e. The number of hydrogen-bond donors (Lipinski definition) is 0. The van der Waals surface area contributed by atoms with E-state index in [1.54, 1.807) is 20.2 Å². The molecule has 2 saturated heterocycles. The molecule has 6 heteroatoms. The first-order chi connectivity index (χ1) is 12.0. The van der Waals surface area contributed by atoms with Gasteiger partial charge in [-0.15, -0.1) is 0 Å². The van der Waals surface area contributed by atoms with Gasteiger partial charge in [-0.2, -0.15) is 0 Å². The molecule has 0 N–H and O–H groups in total. The molecule has 0 bridgehead atoms. The second-order valence-electron chi connectivity index (χ2n) is 7.29. The number of ether oxygens (including phenoxy) is 1. The first-order valence-electron chi connectivity index (χ1n) is 9.02. The van der Waals surface area contributed by atoms with Crippen LogP contribution in [0.25, 0.3) is 0 Å². The van der Waals surface area contributed by atoms with E-state index in [2.05, 4.69) is 9.88 Å². The summed E-state index contributed by atoms with van der Waals surface area (Å²) in [6.45, 7) is 5.50. The van der Waals surface area contributed by atoms with Gasteiger partial charge in [0.2, 0.25) is 5.91 Å². The Balaban J connectivity index is 1.71. The summed E-state index contributed by atoms with van der Waals surface area (Å²) in [7, 11) is 1.67. The maximum absolute atomic E-state index is 12.2. The highest BCUT2D eigenvalue weighted by atomic mass is 16.5. The number of nitrogens with zero attached hydrogens (tertiary/aromatic N) is 3. The van der Waals surface area contributed by atoms with Gasteiger partial charge in [0.15, 0.2) is 5.78 Å². The third-order valence-electron chi connectivity index (χ3n) is 5.45. The Labute approximate surface area is 149 Å². The summed E-state index contributed by atoms with van der Waals surface area (Å²) in [5.41, 5.74) is 0.783. The Morgan fingerprint density at radius 3 is 2.84 bits per heavy atom. The van der Waals surface area contributed by atoms with Crippen molar-refractivity contribution in [2.45, 2.75) is 32.6 Å². The van der Waals surface area contributed by atoms with Crippen molar-refractivity contribution in [1.29, 1.82) is 0 Å². The topological polar surface area (TPSA) is 62.7 Å². The van der Waals surface area contributed by atoms with E-state index >= 15 is 0 Å². The van der Waals surface area contributed by atoms with Crippen LogP contribution in [0.2, 0.25) is 0 Å². The highest BCUT2D eigenvalue weighted by molar-refractivity contribution is 5.93. The average molecular weight is 345 g/mol. The van der Waals surface area contributed by atoms with Crippen LogP contribution >= 0.6 is 0 Å². The molecule has 1 amide bonds. The molecule has 2 aliphatic heterocycles. The minimum absolute atomic E-state index is 0.0359. The Morgan fingerprint density at radius 2 is 2.16 bits per heavy atom. The number of rotatable bonds is 5. The number of piperidine rings is 2. The van der Waals surface area contributed by atoms with Crippen molar-refractivity contribution in [1.82, 2.24) is 9.88 Å². The van der Waals surface area contributed by atoms with Crippen LogP contribution in [-0.4, -0.2) is 61.5 Å². The molecule has 1 aromatic rings. The van der Waals surface area contributed by atoms with Crippen LogP contribution in [0.5, 0.6) is 0 Å². The van der Waals surface area contributed by atoms with Gasteiger partial charge >= 0.3 is 0 Å². The number of ketones is 1. The summed E-state index contributed by atoms with van der Waals surface area (Å²) < 4.78 is 5.15. The summed E-state index contributed by atoms with van der Waals surface area (Å²) in [6.07, 6.45) is 5.47. The van der Waals surface area contributed by atoms with E-state index < -0.39 is 0 Å². The van der Waals surface area contributed by atoms with Gasteiger partial charge in [-0.25, -0.2) is 4.98 Å². The Kier molecular flexibility index (Phi) is 5.37. The first kappa shape index (κ1) is 17.9. The van der Waals surface area contributed by atoms with E-state index in [1.807, 2.05) is 17.0 Å². The van der Waals surface area contributed by atoms with E-state index in [4.69, 9.17) is 4.74 Å². The number of methoxy groups -OCH3 is 1. The second-order valence-corrected chi connectivity index (χ2v) is 7.29. The van der Waals surface area contributed by atoms with Crippen LogP contribution in [0.3, 0.4) is 0 Å². The average Bonchev–Trinajstić information content (AvgIpc) is 2.63. The van der Waals surface area contributed by atoms with Crippen molar-refractivity contribution in [3.8, 4) is 0 Å². The zero-order valence-electron chi connectivity index (χ0n) is 15.2. The van der Waals surface area contributed by atoms with Crippen molar-refractivity contribution in [2.75, 3.05) is 44.8 Å². The molecule has 2 aliphatic rings. The van der Waals surface area contributed by atoms with Crippen molar-refractivity contribution in [2.24, 2.45) is 5.41 Å². The van der Waals surface area contributed by atoms with Crippen LogP contribution in [0, 0.1) is 5.41 Å². The predicted octanol–water partition coefficient (Wildman–Crippen LogP) is 2.14. The van der Waals surface area contributed by atoms with E-state index in [-0.39, 0.29) is 17.1 Å². The van der Waals surface area contributed by atoms with Gasteiger partial charge in [-0.05, 0) is 38.3 Å². The molecule has 3 rings (SSSR count). The third kappa shape index (κ3) is 4.00. The summed E-state index contributed by atoms with van der Waals surface area (Å²) in [5.74, 6) is 1.20. The molecule has 0 unspecified atom stereocenters. The maximum atomic E-state index is 12.2. The molecular formula is C19H27N3O3. The Morgan fingerprint density at radius 1 is 1.32 bits per heavy atom. The highest BCUT2D eigenvalue weighted by Crippen LogP contribution is 2.39. The SMILES string of the molecule is COCCN1C[C@]2(CCCN(c3ccc(C(C)=O)cn3)C2)CCC1=O. The lowest BCUT2D eigenvalue weighted by molar-refractivity contribution is -0.138. The number of pyridine rings is 1. The van der Waals surface area contributed by atoms with Gasteiger partial charge in [0.1, 0.15) is 5.82 Å². The van der Waals surface area contributed by atoms with Crippen LogP contribution < -0.4 is 4.90 Å². The monoisotopic (exact) mass is 345 g/mol. The molecule has 3 heterocycles. The number of amides is 1. The third-order valence-corrected chi connectivity index (χ3v) is 5.45. The van der Waals surface area contributed by atoms with Crippen molar-refractivity contribution in [3.63, 3.8) is 0 Å². The summed E-state index contributed by atoms with van der Waals surface area (Å²) in [4.78, 5) is 32.4. The fourth-order valence-corrected chi connectivity index (χ4v) is 4.03. The molecule has 1 aromatic heterocycles. The van der Waals surface area contributed by atoms with Gasteiger partial charge in [0.05, 0.1) is 6.61 Å². The van der Waals surface area contributed by atoms with Crippen LogP contribution in [0.1, 0.15) is 43.0 Å². The quantitative estimate of drug-likeness (QED) is 0.765. The Hall–Kier alpha value is -1.95. The summed E-state index contributed by atoms with van der Waals surface area (Å²) in [6, 6.07) is 3.79. The molecule has 6 nitrogen and oxygen atoms in total. The summed E-state index contributed by atoms with van der Waals surface area (Å²) in [5, 5.41) is 0. The second kappa shape index (κ2) is 7.52. The molecule has 0 aromatic carbocycles. The van der Waals surface area contributed by atoms with Crippen molar-refractivity contribution in [3.05, 3.63) is 23.9 Å². The maximum Gasteiger partial charge on any atom is 0.222 e. The molecule has 1 atom stereocenters. The summed E-state index contributed by atoms with van der Waals surface area (Å²) >= 11 is 0. The normalized spacial score (nSPS) is 24.0. The first-order valence-corrected chi connectivity index (χ1v) is 9.02. The number of carbonyl (C=O) groups is 2. The van der Waals surface area contributed by atoms with E-state index in [9.17, 15) is 9.59 Å². The van der Waals surface area contributed by atoms with E-state index in [0.717, 1.165) is 44.7 Å². The minimum atomic E-state index is 0.0359. The minimum Gasteiger partial charge on any atom is -0.383 e. The fourth-order valence-electron chi connectivity index (χ4n) is 4.03. The van der Waals surface area contributed by atoms with E-state index in [0.29, 0.717) is 25.1 Å². The van der Waals surface area contributed by atoms with Gasteiger partial charge in [0, 0.05) is 56.9 Å². The molecule has 25 heavy (non-hydrogen) atoms. The van der Waals surface area contributed by atoms with Gasteiger partial charge < -0.3 is 14.5 Å². The lowest BCUT2D eigenvalue weighted by atomic mass is 9.73. The molecule has 0 radical (unpaired) electrons. The highest BCUT2D eigenvalue weighted by Gasteiger charge is 2.41. The van der Waals surface area contributed by atoms with Crippen LogP contribution in [0.15, 0.2) is 18.3 Å². The smallest absolute Gasteiger partial charge is 0.222 e. The van der Waals surface area contributed by atoms with Gasteiger partial charge in [-0.1, -0.05) is 0 Å². The van der Waals surface area contributed by atoms with Gasteiger partial charge in [0.25, 0.3) is 0 Å². The number of aromatic nitrogens is 1. The van der Waals surface area contributed by atoms with Crippen molar-refractivity contribution < 1.29 is 14.3 Å². The number of Topliss-reactive ketones (excluding diaryl/α,β-unsaturated/α-hetero) is 1. The van der Waals surface area contributed by atoms with Crippen LogP contribution in [-0.2, 0) is 9.53 Å². The van der Waals surface area contributed by atoms with Gasteiger partial charge in [-0.3, -0.25) is 9.59 Å². The predicted molar refractivity (Wildman–Crippen MR) is 95.8 cm³/mol. The fraction of sp³-hybridized carbons (Fsp3) is 0.632. The lowest BCUT2D eigenvalue weighted by Gasteiger charge is -2.48. The zero-order chi connectivity index (χ0) is 17.9. The number of hydrogen-bond acceptors (Lipinski definition) is 5. The molecule has 1 spiro atoms. The molecule has 2 fully saturated rings. The lowest BCUT2D eigenvalue weighted by Crippen LogP contribution is -2.54. The Bertz CT molecular complexity index is 631. The standard InChI is InChI=1S/C19H27N3O3/c1-15(23)16-4-5-17(20-12-16)21-9-3-7-19(13-21)8-6-18(24)22(14-19)10-11-25-2/h4-5,12H,3,6-11,13-14H2,1-2H3/t19-/m1/s1. The number of anilines is 1. The molecule has 0 aliphatic carbocycles.